The number of amides is 1. The molecule has 0 heterocycles. The van der Waals surface area contributed by atoms with E-state index in [1.807, 2.05) is 25.1 Å². The number of rotatable bonds is 12. The number of hydrogen-bond donors (Lipinski definition) is 1. The zero-order valence-electron chi connectivity index (χ0n) is 17.7. The van der Waals surface area contributed by atoms with Crippen LogP contribution in [0.2, 0.25) is 0 Å². The third-order valence-corrected chi connectivity index (χ3v) is 4.16. The summed E-state index contributed by atoms with van der Waals surface area (Å²) < 4.78 is 20.7. The highest BCUT2D eigenvalue weighted by molar-refractivity contribution is 5.89. The van der Waals surface area contributed by atoms with E-state index < -0.39 is 17.8 Å². The first-order valence-corrected chi connectivity index (χ1v) is 9.97. The monoisotopic (exact) mass is 429 g/mol. The second-order valence-electron chi connectivity index (χ2n) is 6.46. The number of esters is 2. The van der Waals surface area contributed by atoms with Crippen molar-refractivity contribution in [3.8, 4) is 11.5 Å². The fourth-order valence-corrected chi connectivity index (χ4v) is 2.59. The maximum Gasteiger partial charge on any atom is 0.337 e. The van der Waals surface area contributed by atoms with Crippen LogP contribution >= 0.6 is 0 Å². The van der Waals surface area contributed by atoms with E-state index in [0.29, 0.717) is 36.7 Å². The highest BCUT2D eigenvalue weighted by atomic mass is 16.5. The lowest BCUT2D eigenvalue weighted by atomic mass is 10.1. The molecule has 8 nitrogen and oxygen atoms in total. The molecule has 0 saturated heterocycles. The molecule has 2 aromatic carbocycles. The number of carbonyl (C=O) groups is 3. The van der Waals surface area contributed by atoms with Gasteiger partial charge in [-0.2, -0.15) is 0 Å². The van der Waals surface area contributed by atoms with Crippen LogP contribution in [0.15, 0.2) is 48.5 Å². The Bertz CT molecular complexity index is 864. The van der Waals surface area contributed by atoms with Crippen LogP contribution < -0.4 is 14.8 Å². The van der Waals surface area contributed by atoms with Gasteiger partial charge in [-0.1, -0.05) is 24.3 Å². The summed E-state index contributed by atoms with van der Waals surface area (Å²) in [5.74, 6) is -0.0288. The Labute approximate surface area is 181 Å². The number of ether oxygens (including phenoxy) is 4. The predicted octanol–water partition coefficient (Wildman–Crippen LogP) is 2.89. The number of para-hydroxylation sites is 2. The summed E-state index contributed by atoms with van der Waals surface area (Å²) in [6, 6.07) is 14.0. The van der Waals surface area contributed by atoms with E-state index in [1.165, 1.54) is 7.11 Å². The average molecular weight is 429 g/mol. The summed E-state index contributed by atoms with van der Waals surface area (Å²) in [5.41, 5.74) is 1.23. The van der Waals surface area contributed by atoms with Crippen LogP contribution in [0.3, 0.4) is 0 Å². The molecular formula is C23H27NO7. The van der Waals surface area contributed by atoms with Gasteiger partial charge in [0.05, 0.1) is 25.9 Å². The van der Waals surface area contributed by atoms with Gasteiger partial charge >= 0.3 is 11.9 Å². The van der Waals surface area contributed by atoms with Gasteiger partial charge in [-0.15, -0.1) is 0 Å². The van der Waals surface area contributed by atoms with E-state index in [1.54, 1.807) is 30.3 Å². The summed E-state index contributed by atoms with van der Waals surface area (Å²) in [6.07, 6.45) is 0.590. The fourth-order valence-electron chi connectivity index (χ4n) is 2.59. The minimum atomic E-state index is -0.473. The van der Waals surface area contributed by atoms with E-state index >= 15 is 0 Å². The number of benzene rings is 2. The third-order valence-electron chi connectivity index (χ3n) is 4.16. The van der Waals surface area contributed by atoms with Crippen molar-refractivity contribution >= 4 is 17.8 Å². The van der Waals surface area contributed by atoms with Crippen molar-refractivity contribution in [3.05, 3.63) is 59.7 Å². The van der Waals surface area contributed by atoms with Gasteiger partial charge in [0.1, 0.15) is 0 Å². The Morgan fingerprint density at radius 3 is 2.26 bits per heavy atom. The van der Waals surface area contributed by atoms with Crippen molar-refractivity contribution in [2.24, 2.45) is 0 Å². The van der Waals surface area contributed by atoms with Crippen molar-refractivity contribution in [3.63, 3.8) is 0 Å². The molecule has 1 amide bonds. The predicted molar refractivity (Wildman–Crippen MR) is 113 cm³/mol. The zero-order valence-corrected chi connectivity index (χ0v) is 17.7. The molecule has 31 heavy (non-hydrogen) atoms. The number of nitrogens with one attached hydrogen (secondary N) is 1. The molecule has 2 aromatic rings. The molecule has 0 unspecified atom stereocenters. The van der Waals surface area contributed by atoms with Crippen LogP contribution in [0.5, 0.6) is 11.5 Å². The average Bonchev–Trinajstić information content (AvgIpc) is 2.80. The van der Waals surface area contributed by atoms with Gasteiger partial charge in [-0.3, -0.25) is 9.59 Å². The minimum Gasteiger partial charge on any atom is -0.490 e. The number of hydrogen-bond acceptors (Lipinski definition) is 7. The largest absolute Gasteiger partial charge is 0.490 e. The normalized spacial score (nSPS) is 10.1. The standard InChI is InChI=1S/C23H27NO7/c1-3-29-19-7-4-5-8-20(19)30-14-6-9-22(26)31-16-21(25)24-15-17-10-12-18(13-11-17)23(27)28-2/h4-5,7-8,10-13H,3,6,9,14-16H2,1-2H3,(H,24,25). The maximum atomic E-state index is 11.9. The highest BCUT2D eigenvalue weighted by Gasteiger charge is 2.09. The Kier molecular flexibility index (Phi) is 9.87. The Balaban J connectivity index is 1.61. The molecule has 0 saturated carbocycles. The third kappa shape index (κ3) is 8.38. The molecule has 0 aromatic heterocycles. The van der Waals surface area contributed by atoms with Gasteiger partial charge < -0.3 is 24.3 Å². The van der Waals surface area contributed by atoms with Crippen LogP contribution in [-0.4, -0.2) is 44.8 Å². The smallest absolute Gasteiger partial charge is 0.337 e. The lowest BCUT2D eigenvalue weighted by Crippen LogP contribution is -2.28. The topological polar surface area (TPSA) is 100 Å². The molecule has 0 aliphatic carbocycles. The van der Waals surface area contributed by atoms with E-state index in [2.05, 4.69) is 10.1 Å². The van der Waals surface area contributed by atoms with Gasteiger partial charge in [0.2, 0.25) is 0 Å². The SMILES string of the molecule is CCOc1ccccc1OCCCC(=O)OCC(=O)NCc1ccc(C(=O)OC)cc1. The summed E-state index contributed by atoms with van der Waals surface area (Å²) in [4.78, 5) is 35.1. The Morgan fingerprint density at radius 2 is 1.61 bits per heavy atom. The molecule has 0 bridgehead atoms. The van der Waals surface area contributed by atoms with Crippen molar-refractivity contribution in [2.45, 2.75) is 26.3 Å². The first kappa shape index (κ1) is 23.7. The lowest BCUT2D eigenvalue weighted by molar-refractivity contribution is -0.148. The summed E-state index contributed by atoms with van der Waals surface area (Å²) in [7, 11) is 1.31. The molecule has 0 atom stereocenters. The summed E-state index contributed by atoms with van der Waals surface area (Å²) in [6.45, 7) is 2.66. The minimum absolute atomic E-state index is 0.138. The highest BCUT2D eigenvalue weighted by Crippen LogP contribution is 2.26. The van der Waals surface area contributed by atoms with Crippen molar-refractivity contribution in [1.29, 1.82) is 0 Å². The van der Waals surface area contributed by atoms with E-state index in [0.717, 1.165) is 5.56 Å². The quantitative estimate of drug-likeness (QED) is 0.409. The first-order valence-electron chi connectivity index (χ1n) is 9.97. The molecule has 0 radical (unpaired) electrons. The molecular weight excluding hydrogens is 402 g/mol. The fraction of sp³-hybridized carbons (Fsp3) is 0.348. The van der Waals surface area contributed by atoms with E-state index in [-0.39, 0.29) is 19.6 Å². The van der Waals surface area contributed by atoms with Crippen molar-refractivity contribution < 1.29 is 33.3 Å². The maximum absolute atomic E-state index is 11.9. The van der Waals surface area contributed by atoms with Crippen LogP contribution in [0.25, 0.3) is 0 Å². The van der Waals surface area contributed by atoms with Gasteiger partial charge in [0.25, 0.3) is 5.91 Å². The molecule has 2 rings (SSSR count). The van der Waals surface area contributed by atoms with Gasteiger partial charge in [0.15, 0.2) is 18.1 Å². The second kappa shape index (κ2) is 12.9. The summed E-state index contributed by atoms with van der Waals surface area (Å²) >= 11 is 0. The van der Waals surface area contributed by atoms with Crippen molar-refractivity contribution in [2.75, 3.05) is 26.9 Å². The molecule has 0 aliphatic heterocycles. The van der Waals surface area contributed by atoms with Gasteiger partial charge in [0, 0.05) is 13.0 Å². The second-order valence-corrected chi connectivity index (χ2v) is 6.46. The van der Waals surface area contributed by atoms with Crippen molar-refractivity contribution in [1.82, 2.24) is 5.32 Å². The molecule has 166 valence electrons. The van der Waals surface area contributed by atoms with E-state index in [9.17, 15) is 14.4 Å². The molecule has 8 heteroatoms. The van der Waals surface area contributed by atoms with Crippen LogP contribution in [0, 0.1) is 0 Å². The summed E-state index contributed by atoms with van der Waals surface area (Å²) in [5, 5.41) is 2.65. The van der Waals surface area contributed by atoms with E-state index in [4.69, 9.17) is 14.2 Å². The van der Waals surface area contributed by atoms with Gasteiger partial charge in [-0.25, -0.2) is 4.79 Å². The zero-order chi connectivity index (χ0) is 22.5. The molecule has 0 aliphatic rings. The molecule has 0 spiro atoms. The Morgan fingerprint density at radius 1 is 0.935 bits per heavy atom. The number of carbonyl (C=O) groups excluding carboxylic acids is 3. The van der Waals surface area contributed by atoms with Gasteiger partial charge in [-0.05, 0) is 43.2 Å². The lowest BCUT2D eigenvalue weighted by Gasteiger charge is -2.11. The molecule has 0 fully saturated rings. The van der Waals surface area contributed by atoms with Crippen LogP contribution in [0.1, 0.15) is 35.7 Å². The Hall–Kier alpha value is -3.55. The number of methoxy groups -OCH3 is 1. The van der Waals surface area contributed by atoms with Crippen LogP contribution in [-0.2, 0) is 25.6 Å². The first-order chi connectivity index (χ1) is 15.0. The van der Waals surface area contributed by atoms with Crippen LogP contribution in [0.4, 0.5) is 0 Å². The molecule has 1 N–H and O–H groups in total.